The Kier molecular flexibility index (Phi) is 3.79. The van der Waals surface area contributed by atoms with E-state index >= 15 is 0 Å². The molecule has 0 amide bonds. The van der Waals surface area contributed by atoms with Crippen molar-refractivity contribution in [2.45, 2.75) is 13.0 Å². The standard InChI is InChI=1S/C15H16FN5/c16-13-5-6-14-19-15(20-21(14)10-13)18-9-12-3-1-11(2-4-12)7-8-17/h1-6,10H,7-9,17H2,(H,18,20). The second kappa shape index (κ2) is 5.88. The van der Waals surface area contributed by atoms with Crippen LogP contribution in [0.4, 0.5) is 10.3 Å². The number of pyridine rings is 1. The number of fused-ring (bicyclic) bond motifs is 1. The Balaban J connectivity index is 1.68. The molecule has 0 aliphatic rings. The van der Waals surface area contributed by atoms with E-state index in [4.69, 9.17) is 5.73 Å². The summed E-state index contributed by atoms with van der Waals surface area (Å²) in [5.41, 5.74) is 8.48. The molecule has 6 heteroatoms. The van der Waals surface area contributed by atoms with Crippen LogP contribution in [0.25, 0.3) is 5.65 Å². The minimum atomic E-state index is -0.338. The largest absolute Gasteiger partial charge is 0.349 e. The molecule has 0 aliphatic carbocycles. The molecule has 2 aromatic heterocycles. The predicted octanol–water partition coefficient (Wildman–Crippen LogP) is 1.98. The number of hydrogen-bond donors (Lipinski definition) is 2. The zero-order valence-electron chi connectivity index (χ0n) is 11.5. The van der Waals surface area contributed by atoms with E-state index in [0.29, 0.717) is 24.7 Å². The van der Waals surface area contributed by atoms with Crippen molar-refractivity contribution >= 4 is 11.6 Å². The minimum absolute atomic E-state index is 0.338. The summed E-state index contributed by atoms with van der Waals surface area (Å²) in [6.07, 6.45) is 2.18. The Labute approximate surface area is 121 Å². The quantitative estimate of drug-likeness (QED) is 0.752. The number of nitrogens with one attached hydrogen (secondary N) is 1. The Morgan fingerprint density at radius 3 is 2.62 bits per heavy atom. The Hall–Kier alpha value is -2.47. The van der Waals surface area contributed by atoms with Gasteiger partial charge in [-0.25, -0.2) is 8.91 Å². The van der Waals surface area contributed by atoms with E-state index in [9.17, 15) is 4.39 Å². The Morgan fingerprint density at radius 2 is 1.86 bits per heavy atom. The lowest BCUT2D eigenvalue weighted by Gasteiger charge is -2.04. The first-order valence-electron chi connectivity index (χ1n) is 6.78. The molecule has 3 rings (SSSR count). The number of benzene rings is 1. The van der Waals surface area contributed by atoms with Crippen molar-refractivity contribution < 1.29 is 4.39 Å². The topological polar surface area (TPSA) is 68.2 Å². The van der Waals surface area contributed by atoms with E-state index in [2.05, 4.69) is 27.5 Å². The van der Waals surface area contributed by atoms with Gasteiger partial charge in [0.2, 0.25) is 5.95 Å². The third kappa shape index (κ3) is 3.17. The van der Waals surface area contributed by atoms with Crippen LogP contribution in [0.5, 0.6) is 0 Å². The Morgan fingerprint density at radius 1 is 1.10 bits per heavy atom. The van der Waals surface area contributed by atoms with Crippen LogP contribution in [0, 0.1) is 5.82 Å². The normalized spacial score (nSPS) is 11.0. The van der Waals surface area contributed by atoms with Gasteiger partial charge in [-0.2, -0.15) is 4.98 Å². The summed E-state index contributed by atoms with van der Waals surface area (Å²) in [5.74, 6) is 0.140. The zero-order valence-corrected chi connectivity index (χ0v) is 11.5. The number of anilines is 1. The van der Waals surface area contributed by atoms with Gasteiger partial charge in [0.25, 0.3) is 0 Å². The van der Waals surface area contributed by atoms with Crippen molar-refractivity contribution in [1.82, 2.24) is 14.6 Å². The summed E-state index contributed by atoms with van der Waals surface area (Å²) in [7, 11) is 0. The van der Waals surface area contributed by atoms with E-state index < -0.39 is 0 Å². The molecule has 0 atom stereocenters. The van der Waals surface area contributed by atoms with Crippen LogP contribution in [-0.2, 0) is 13.0 Å². The van der Waals surface area contributed by atoms with Gasteiger partial charge in [-0.1, -0.05) is 24.3 Å². The third-order valence-electron chi connectivity index (χ3n) is 3.20. The molecule has 21 heavy (non-hydrogen) atoms. The van der Waals surface area contributed by atoms with Crippen LogP contribution in [0.2, 0.25) is 0 Å². The van der Waals surface area contributed by atoms with Crippen molar-refractivity contribution in [1.29, 1.82) is 0 Å². The molecular weight excluding hydrogens is 269 g/mol. The van der Waals surface area contributed by atoms with Gasteiger partial charge in [0.05, 0.1) is 6.20 Å². The molecule has 0 radical (unpaired) electrons. The van der Waals surface area contributed by atoms with Crippen LogP contribution in [0.3, 0.4) is 0 Å². The number of nitrogens with zero attached hydrogens (tertiary/aromatic N) is 3. The minimum Gasteiger partial charge on any atom is -0.349 e. The van der Waals surface area contributed by atoms with Crippen molar-refractivity contribution in [3.8, 4) is 0 Å². The first-order valence-corrected chi connectivity index (χ1v) is 6.78. The van der Waals surface area contributed by atoms with E-state index in [0.717, 1.165) is 12.0 Å². The average Bonchev–Trinajstić information content (AvgIpc) is 2.89. The fourth-order valence-corrected chi connectivity index (χ4v) is 2.10. The van der Waals surface area contributed by atoms with Gasteiger partial charge in [-0.05, 0) is 36.2 Å². The summed E-state index contributed by atoms with van der Waals surface area (Å²) in [6.45, 7) is 1.27. The molecule has 0 saturated heterocycles. The maximum atomic E-state index is 13.1. The van der Waals surface area contributed by atoms with E-state index in [-0.39, 0.29) is 5.82 Å². The van der Waals surface area contributed by atoms with Crippen LogP contribution < -0.4 is 11.1 Å². The maximum absolute atomic E-state index is 13.1. The van der Waals surface area contributed by atoms with Crippen molar-refractivity contribution in [2.75, 3.05) is 11.9 Å². The fourth-order valence-electron chi connectivity index (χ4n) is 2.10. The van der Waals surface area contributed by atoms with Gasteiger partial charge in [-0.3, -0.25) is 0 Å². The van der Waals surface area contributed by atoms with Gasteiger partial charge in [-0.15, -0.1) is 5.10 Å². The molecule has 0 unspecified atom stereocenters. The van der Waals surface area contributed by atoms with Crippen molar-refractivity contribution in [3.05, 3.63) is 59.5 Å². The molecule has 1 aromatic carbocycles. The number of rotatable bonds is 5. The molecule has 0 bridgehead atoms. The average molecular weight is 285 g/mol. The van der Waals surface area contributed by atoms with Crippen molar-refractivity contribution in [3.63, 3.8) is 0 Å². The van der Waals surface area contributed by atoms with E-state index in [1.54, 1.807) is 6.07 Å². The second-order valence-electron chi connectivity index (χ2n) is 4.79. The highest BCUT2D eigenvalue weighted by Crippen LogP contribution is 2.09. The first-order chi connectivity index (χ1) is 10.2. The molecule has 0 aliphatic heterocycles. The monoisotopic (exact) mass is 285 g/mol. The fraction of sp³-hybridized carbons (Fsp3) is 0.200. The molecule has 2 heterocycles. The van der Waals surface area contributed by atoms with Gasteiger partial charge >= 0.3 is 0 Å². The highest BCUT2D eigenvalue weighted by atomic mass is 19.1. The molecule has 5 nitrogen and oxygen atoms in total. The SMILES string of the molecule is NCCc1ccc(CNc2nc3ccc(F)cn3n2)cc1. The van der Waals surface area contributed by atoms with E-state index in [1.807, 2.05) is 12.1 Å². The van der Waals surface area contributed by atoms with Gasteiger partial charge in [0.1, 0.15) is 5.82 Å². The van der Waals surface area contributed by atoms with Crippen LogP contribution >= 0.6 is 0 Å². The first kappa shape index (κ1) is 13.5. The van der Waals surface area contributed by atoms with Crippen LogP contribution in [0.1, 0.15) is 11.1 Å². The lowest BCUT2D eigenvalue weighted by Crippen LogP contribution is -2.04. The summed E-state index contributed by atoms with van der Waals surface area (Å²) >= 11 is 0. The highest BCUT2D eigenvalue weighted by Gasteiger charge is 2.04. The van der Waals surface area contributed by atoms with E-state index in [1.165, 1.54) is 22.3 Å². The van der Waals surface area contributed by atoms with Crippen LogP contribution in [0.15, 0.2) is 42.6 Å². The smallest absolute Gasteiger partial charge is 0.243 e. The predicted molar refractivity (Wildman–Crippen MR) is 79.5 cm³/mol. The van der Waals surface area contributed by atoms with Gasteiger partial charge in [0.15, 0.2) is 5.65 Å². The molecule has 108 valence electrons. The highest BCUT2D eigenvalue weighted by molar-refractivity contribution is 5.43. The number of nitrogens with two attached hydrogens (primary N) is 1. The van der Waals surface area contributed by atoms with Crippen LogP contribution in [-0.4, -0.2) is 21.1 Å². The molecular formula is C15H16FN5. The second-order valence-corrected chi connectivity index (χ2v) is 4.79. The van der Waals surface area contributed by atoms with Gasteiger partial charge < -0.3 is 11.1 Å². The number of halogens is 1. The molecule has 0 saturated carbocycles. The molecule has 0 fully saturated rings. The lowest BCUT2D eigenvalue weighted by molar-refractivity contribution is 0.615. The maximum Gasteiger partial charge on any atom is 0.243 e. The van der Waals surface area contributed by atoms with Gasteiger partial charge in [0, 0.05) is 6.54 Å². The Bertz CT molecular complexity index is 735. The summed E-state index contributed by atoms with van der Waals surface area (Å²) in [4.78, 5) is 4.27. The molecule has 3 N–H and O–H groups in total. The number of aromatic nitrogens is 3. The number of hydrogen-bond acceptors (Lipinski definition) is 4. The summed E-state index contributed by atoms with van der Waals surface area (Å²) < 4.78 is 14.5. The van der Waals surface area contributed by atoms with Crippen molar-refractivity contribution in [2.24, 2.45) is 5.73 Å². The summed E-state index contributed by atoms with van der Waals surface area (Å²) in [6, 6.07) is 11.2. The summed E-state index contributed by atoms with van der Waals surface area (Å²) in [5, 5.41) is 7.30. The molecule has 0 spiro atoms. The lowest BCUT2D eigenvalue weighted by atomic mass is 10.1. The third-order valence-corrected chi connectivity index (χ3v) is 3.20. The zero-order chi connectivity index (χ0) is 14.7. The molecule has 3 aromatic rings.